The molecule has 1 aliphatic rings. The van der Waals surface area contributed by atoms with Gasteiger partial charge in [-0.3, -0.25) is 4.79 Å². The van der Waals surface area contributed by atoms with Gasteiger partial charge in [0.2, 0.25) is 10.0 Å². The van der Waals surface area contributed by atoms with Crippen LogP contribution in [0, 0.1) is 0 Å². The summed E-state index contributed by atoms with van der Waals surface area (Å²) in [5, 5.41) is 0. The lowest BCUT2D eigenvalue weighted by molar-refractivity contribution is 0.104. The van der Waals surface area contributed by atoms with E-state index in [0.717, 1.165) is 15.7 Å². The summed E-state index contributed by atoms with van der Waals surface area (Å²) in [6.07, 6.45) is 1.65. The van der Waals surface area contributed by atoms with Gasteiger partial charge in [0, 0.05) is 49.6 Å². The molecule has 6 heteroatoms. The molecule has 0 unspecified atom stereocenters. The highest BCUT2D eigenvalue weighted by molar-refractivity contribution is 7.89. The van der Waals surface area contributed by atoms with E-state index in [1.54, 1.807) is 18.2 Å². The zero-order chi connectivity index (χ0) is 20.0. The second-order valence-corrected chi connectivity index (χ2v) is 9.56. The van der Waals surface area contributed by atoms with Crippen LogP contribution in [0.4, 0.5) is 5.69 Å². The van der Waals surface area contributed by atoms with Gasteiger partial charge in [0.15, 0.2) is 5.78 Å². The quantitative estimate of drug-likeness (QED) is 0.599. The largest absolute Gasteiger partial charge is 0.347 e. The Labute approximate surface area is 161 Å². The highest BCUT2D eigenvalue weighted by Gasteiger charge is 2.38. The molecule has 5 nitrogen and oxygen atoms in total. The molecular formula is C21H24N2O3S. The van der Waals surface area contributed by atoms with E-state index in [9.17, 15) is 13.2 Å². The minimum atomic E-state index is -3.51. The van der Waals surface area contributed by atoms with Crippen molar-refractivity contribution in [2.24, 2.45) is 0 Å². The topological polar surface area (TPSA) is 57.7 Å². The number of hydrogen-bond acceptors (Lipinski definition) is 4. The van der Waals surface area contributed by atoms with Crippen LogP contribution in [-0.4, -0.2) is 39.6 Å². The molecule has 0 fully saturated rings. The van der Waals surface area contributed by atoms with Gasteiger partial charge in [-0.25, -0.2) is 12.7 Å². The number of hydrogen-bond donors (Lipinski definition) is 0. The van der Waals surface area contributed by atoms with Crippen LogP contribution in [0.3, 0.4) is 0 Å². The monoisotopic (exact) mass is 384 g/mol. The third kappa shape index (κ3) is 3.19. The molecule has 3 rings (SSSR count). The van der Waals surface area contributed by atoms with Crippen LogP contribution in [0.1, 0.15) is 29.8 Å². The van der Waals surface area contributed by atoms with E-state index < -0.39 is 10.0 Å². The minimum Gasteiger partial charge on any atom is -0.347 e. The van der Waals surface area contributed by atoms with Gasteiger partial charge in [0.05, 0.1) is 4.90 Å². The predicted molar refractivity (Wildman–Crippen MR) is 108 cm³/mol. The average Bonchev–Trinajstić information content (AvgIpc) is 2.83. The van der Waals surface area contributed by atoms with Gasteiger partial charge >= 0.3 is 0 Å². The Hall–Kier alpha value is -2.44. The molecule has 0 spiro atoms. The van der Waals surface area contributed by atoms with Gasteiger partial charge in [-0.2, -0.15) is 0 Å². The van der Waals surface area contributed by atoms with Gasteiger partial charge in [0.1, 0.15) is 0 Å². The molecule has 0 radical (unpaired) electrons. The van der Waals surface area contributed by atoms with E-state index in [4.69, 9.17) is 0 Å². The zero-order valence-electron chi connectivity index (χ0n) is 16.2. The molecule has 1 aliphatic heterocycles. The third-order valence-electron chi connectivity index (χ3n) is 5.13. The van der Waals surface area contributed by atoms with Crippen LogP contribution in [0.15, 0.2) is 65.2 Å². The number of fused-ring (bicyclic) bond motifs is 1. The number of carbonyl (C=O) groups excluding carboxylic acids is 1. The number of allylic oxidation sites excluding steroid dienone is 2. The van der Waals surface area contributed by atoms with E-state index in [1.165, 1.54) is 31.8 Å². The number of para-hydroxylation sites is 1. The van der Waals surface area contributed by atoms with E-state index >= 15 is 0 Å². The molecule has 0 aromatic heterocycles. The number of ketones is 1. The Balaban J connectivity index is 1.94. The Morgan fingerprint density at radius 1 is 1.04 bits per heavy atom. The van der Waals surface area contributed by atoms with E-state index in [2.05, 4.69) is 19.9 Å². The molecule has 0 N–H and O–H groups in total. The van der Waals surface area contributed by atoms with Crippen LogP contribution in [0.25, 0.3) is 0 Å². The molecule has 0 saturated heterocycles. The highest BCUT2D eigenvalue weighted by atomic mass is 32.2. The van der Waals surface area contributed by atoms with E-state index in [-0.39, 0.29) is 16.1 Å². The molecule has 0 bridgehead atoms. The standard InChI is InChI=1S/C21H24N2O3S/c1-21(2)17-8-6-7-9-18(17)23(5)20(21)14-19(24)15-10-12-16(13-11-15)27(25,26)22(3)4/h6-14H,1-5H3. The molecule has 0 amide bonds. The molecule has 142 valence electrons. The first kappa shape index (κ1) is 19.3. The molecule has 0 saturated carbocycles. The summed E-state index contributed by atoms with van der Waals surface area (Å²) in [6, 6.07) is 14.2. The highest BCUT2D eigenvalue weighted by Crippen LogP contribution is 2.46. The van der Waals surface area contributed by atoms with Crippen molar-refractivity contribution in [3.05, 3.63) is 71.4 Å². The molecule has 27 heavy (non-hydrogen) atoms. The summed E-state index contributed by atoms with van der Waals surface area (Å²) in [4.78, 5) is 15.0. The maximum atomic E-state index is 12.8. The fourth-order valence-corrected chi connectivity index (χ4v) is 4.37. The first-order valence-corrected chi connectivity index (χ1v) is 10.1. The number of nitrogens with zero attached hydrogens (tertiary/aromatic N) is 2. The number of rotatable bonds is 4. The van der Waals surface area contributed by atoms with Gasteiger partial charge < -0.3 is 4.90 Å². The Bertz CT molecular complexity index is 1020. The number of anilines is 1. The Kier molecular flexibility index (Phi) is 4.74. The number of sulfonamides is 1. The second-order valence-electron chi connectivity index (χ2n) is 7.41. The summed E-state index contributed by atoms with van der Waals surface area (Å²) in [6.45, 7) is 4.20. The normalized spacial score (nSPS) is 17.4. The van der Waals surface area contributed by atoms with Crippen molar-refractivity contribution >= 4 is 21.5 Å². The Morgan fingerprint density at radius 3 is 2.19 bits per heavy atom. The lowest BCUT2D eigenvalue weighted by Crippen LogP contribution is -2.24. The summed E-state index contributed by atoms with van der Waals surface area (Å²) in [5.74, 6) is -0.147. The van der Waals surface area contributed by atoms with Crippen molar-refractivity contribution in [2.45, 2.75) is 24.2 Å². The van der Waals surface area contributed by atoms with E-state index in [0.29, 0.717) is 5.56 Å². The van der Waals surface area contributed by atoms with Crippen molar-refractivity contribution in [3.63, 3.8) is 0 Å². The van der Waals surface area contributed by atoms with Crippen LogP contribution < -0.4 is 4.90 Å². The number of carbonyl (C=O) groups is 1. The lowest BCUT2D eigenvalue weighted by Gasteiger charge is -2.24. The van der Waals surface area contributed by atoms with Crippen molar-refractivity contribution in [3.8, 4) is 0 Å². The van der Waals surface area contributed by atoms with Crippen molar-refractivity contribution in [1.29, 1.82) is 0 Å². The summed E-state index contributed by atoms with van der Waals surface area (Å²) < 4.78 is 25.5. The van der Waals surface area contributed by atoms with Crippen LogP contribution in [0.5, 0.6) is 0 Å². The van der Waals surface area contributed by atoms with Crippen molar-refractivity contribution in [2.75, 3.05) is 26.0 Å². The number of benzene rings is 2. The maximum Gasteiger partial charge on any atom is 0.242 e. The molecular weight excluding hydrogens is 360 g/mol. The van der Waals surface area contributed by atoms with Gasteiger partial charge in [0.25, 0.3) is 0 Å². The van der Waals surface area contributed by atoms with Gasteiger partial charge in [-0.1, -0.05) is 32.0 Å². The van der Waals surface area contributed by atoms with Gasteiger partial charge in [-0.15, -0.1) is 0 Å². The molecule has 2 aromatic rings. The van der Waals surface area contributed by atoms with Crippen molar-refractivity contribution < 1.29 is 13.2 Å². The van der Waals surface area contributed by atoms with Crippen LogP contribution in [0.2, 0.25) is 0 Å². The minimum absolute atomic E-state index is 0.147. The summed E-state index contributed by atoms with van der Waals surface area (Å²) >= 11 is 0. The van der Waals surface area contributed by atoms with Crippen molar-refractivity contribution in [1.82, 2.24) is 4.31 Å². The molecule has 0 aliphatic carbocycles. The second kappa shape index (κ2) is 6.62. The number of likely N-dealkylation sites (N-methyl/N-ethyl adjacent to an activating group) is 1. The fourth-order valence-electron chi connectivity index (χ4n) is 3.47. The Morgan fingerprint density at radius 2 is 1.63 bits per heavy atom. The van der Waals surface area contributed by atoms with E-state index in [1.807, 2.05) is 30.1 Å². The molecule has 1 heterocycles. The predicted octanol–water partition coefficient (Wildman–Crippen LogP) is 3.43. The third-order valence-corrected chi connectivity index (χ3v) is 6.95. The maximum absolute atomic E-state index is 12.8. The average molecular weight is 385 g/mol. The summed E-state index contributed by atoms with van der Waals surface area (Å²) in [7, 11) is 1.41. The smallest absolute Gasteiger partial charge is 0.242 e. The zero-order valence-corrected chi connectivity index (χ0v) is 17.0. The van der Waals surface area contributed by atoms with Crippen LogP contribution in [-0.2, 0) is 15.4 Å². The molecule has 0 atom stereocenters. The SMILES string of the molecule is CN1C(=CC(=O)c2ccc(S(=O)(=O)N(C)C)cc2)C(C)(C)c2ccccc21. The van der Waals surface area contributed by atoms with Crippen LogP contribution >= 0.6 is 0 Å². The first-order chi connectivity index (χ1) is 12.6. The lowest BCUT2D eigenvalue weighted by atomic mass is 9.83. The molecule has 2 aromatic carbocycles. The fraction of sp³-hybridized carbons (Fsp3) is 0.286. The first-order valence-electron chi connectivity index (χ1n) is 8.69. The van der Waals surface area contributed by atoms with Gasteiger partial charge in [-0.05, 0) is 35.9 Å². The summed E-state index contributed by atoms with van der Waals surface area (Å²) in [5.41, 5.74) is 3.36.